The lowest BCUT2D eigenvalue weighted by Crippen LogP contribution is -2.52. The largest absolute Gasteiger partial charge is 0.464 e. The maximum atomic E-state index is 10.7. The Morgan fingerprint density at radius 3 is 3.00 bits per heavy atom. The molecule has 0 amide bonds. The summed E-state index contributed by atoms with van der Waals surface area (Å²) in [5.41, 5.74) is 1.54. The van der Waals surface area contributed by atoms with E-state index in [2.05, 4.69) is 19.9 Å². The Hall–Kier alpha value is -0.965. The third-order valence-electron chi connectivity index (χ3n) is 6.62. The van der Waals surface area contributed by atoms with Gasteiger partial charge < -0.3 is 14.2 Å². The van der Waals surface area contributed by atoms with E-state index in [1.807, 2.05) is 18.2 Å². The lowest BCUT2D eigenvalue weighted by Gasteiger charge is -2.44. The van der Waals surface area contributed by atoms with Crippen LogP contribution in [0, 0.1) is 17.8 Å². The molecule has 1 unspecified atom stereocenters. The van der Waals surface area contributed by atoms with Crippen LogP contribution in [0.5, 0.6) is 0 Å². The summed E-state index contributed by atoms with van der Waals surface area (Å²) in [5.74, 6) is 1.78. The lowest BCUT2D eigenvalue weighted by molar-refractivity contribution is -0.102. The van der Waals surface area contributed by atoms with E-state index in [1.54, 1.807) is 6.26 Å². The molecule has 0 spiro atoms. The molecule has 0 radical (unpaired) electrons. The molecule has 1 N–H and O–H groups in total. The molecular weight excluding hydrogens is 334 g/mol. The Morgan fingerprint density at radius 1 is 1.36 bits per heavy atom. The first kappa shape index (κ1) is 17.4. The first-order chi connectivity index (χ1) is 12.0. The molecule has 25 heavy (non-hydrogen) atoms. The molecule has 2 saturated carbocycles. The molecule has 0 aliphatic heterocycles. The van der Waals surface area contributed by atoms with Crippen molar-refractivity contribution in [2.45, 2.75) is 56.5 Å². The minimum Gasteiger partial charge on any atom is -0.464 e. The molecule has 1 heterocycles. The maximum Gasteiger partial charge on any atom is 0.294 e. The lowest BCUT2D eigenvalue weighted by atomic mass is 9.73. The van der Waals surface area contributed by atoms with Gasteiger partial charge >= 0.3 is 0 Å². The van der Waals surface area contributed by atoms with Gasteiger partial charge in [-0.2, -0.15) is 0 Å². The van der Waals surface area contributed by atoms with E-state index < -0.39 is 5.60 Å². The molecule has 1 aromatic heterocycles. The van der Waals surface area contributed by atoms with Crippen LogP contribution in [0.2, 0.25) is 0 Å². The van der Waals surface area contributed by atoms with Crippen molar-refractivity contribution in [1.29, 1.82) is 0 Å². The number of fused-ring (bicyclic) bond motifs is 3. The Labute approximate surface area is 155 Å². The van der Waals surface area contributed by atoms with Gasteiger partial charge in [-0.3, -0.25) is 0 Å². The summed E-state index contributed by atoms with van der Waals surface area (Å²) < 4.78 is 11.9. The van der Waals surface area contributed by atoms with Crippen LogP contribution in [0.15, 0.2) is 34.9 Å². The van der Waals surface area contributed by atoms with Crippen molar-refractivity contribution in [1.82, 2.24) is 0 Å². The number of aliphatic hydroxyl groups excluding tert-OH is 1. The van der Waals surface area contributed by atoms with Crippen LogP contribution < -0.4 is 0 Å². The van der Waals surface area contributed by atoms with Gasteiger partial charge in [0.05, 0.1) is 18.0 Å². The van der Waals surface area contributed by atoms with E-state index in [4.69, 9.17) is 20.7 Å². The van der Waals surface area contributed by atoms with E-state index in [-0.39, 0.29) is 11.4 Å². The molecule has 3 nitrogen and oxygen atoms in total. The van der Waals surface area contributed by atoms with Gasteiger partial charge in [0.2, 0.25) is 0 Å². The highest BCUT2D eigenvalue weighted by Gasteiger charge is 2.52. The predicted molar refractivity (Wildman–Crippen MR) is 102 cm³/mol. The Morgan fingerprint density at radius 2 is 2.16 bits per heavy atom. The number of halogens is 1. The van der Waals surface area contributed by atoms with Crippen molar-refractivity contribution in [3.63, 3.8) is 0 Å². The van der Waals surface area contributed by atoms with Crippen LogP contribution in [-0.4, -0.2) is 29.6 Å². The molecule has 134 valence electrons. The fraction of sp³-hybridized carbons (Fsp3) is 0.600. The average Bonchev–Trinajstić information content (AvgIpc) is 3.15. The van der Waals surface area contributed by atoms with E-state index in [9.17, 15) is 5.11 Å². The smallest absolute Gasteiger partial charge is 0.294 e. The quantitative estimate of drug-likeness (QED) is 0.645. The summed E-state index contributed by atoms with van der Waals surface area (Å²) in [6.07, 6.45) is 5.29. The number of furan rings is 1. The highest BCUT2D eigenvalue weighted by molar-refractivity contribution is 6.49. The van der Waals surface area contributed by atoms with Crippen LogP contribution in [-0.2, 0) is 11.1 Å². The summed E-state index contributed by atoms with van der Waals surface area (Å²) in [4.78, 5) is 0. The molecule has 2 fully saturated rings. The molecular formula is C20H26BClO3. The first-order valence-electron chi connectivity index (χ1n) is 9.38. The second-order valence-corrected chi connectivity index (χ2v) is 8.83. The van der Waals surface area contributed by atoms with Crippen LogP contribution >= 0.6 is 11.6 Å². The molecule has 2 aliphatic rings. The standard InChI is InChI=1S/C20H26BClO3/c1-12-7-15-8-13(12)9-18(23)20(15,2)25-21-19(22)10-14-11-24-17-6-4-3-5-16(14)17/h3-6,11-13,15,18-19,21,23H,7-10H2,1-2H3/t12-,13-,15?,18+,19+,20-/m0/s1. The third-order valence-corrected chi connectivity index (χ3v) is 6.90. The van der Waals surface area contributed by atoms with Crippen LogP contribution in [0.3, 0.4) is 0 Å². The normalized spacial score (nSPS) is 35.8. The summed E-state index contributed by atoms with van der Waals surface area (Å²) in [5, 5.41) is 11.6. The fourth-order valence-corrected chi connectivity index (χ4v) is 5.13. The summed E-state index contributed by atoms with van der Waals surface area (Å²) in [6.45, 7) is 4.38. The van der Waals surface area contributed by atoms with E-state index >= 15 is 0 Å². The van der Waals surface area contributed by atoms with Crippen molar-refractivity contribution in [3.05, 3.63) is 36.1 Å². The summed E-state index contributed by atoms with van der Waals surface area (Å²) >= 11 is 6.58. The molecule has 1 aromatic carbocycles. The Kier molecular flexibility index (Phi) is 4.64. The molecule has 6 atom stereocenters. The zero-order chi connectivity index (χ0) is 17.6. The van der Waals surface area contributed by atoms with Gasteiger partial charge in [0.1, 0.15) is 5.58 Å². The predicted octanol–water partition coefficient (Wildman–Crippen LogP) is 4.09. The number of rotatable bonds is 5. The zero-order valence-electron chi connectivity index (χ0n) is 15.0. The van der Waals surface area contributed by atoms with E-state index in [0.717, 1.165) is 29.4 Å². The van der Waals surface area contributed by atoms with E-state index in [1.165, 1.54) is 6.42 Å². The highest BCUT2D eigenvalue weighted by Crippen LogP contribution is 2.51. The molecule has 2 aliphatic carbocycles. The number of hydrogen-bond acceptors (Lipinski definition) is 3. The topological polar surface area (TPSA) is 42.6 Å². The summed E-state index contributed by atoms with van der Waals surface area (Å²) in [6, 6.07) is 8.01. The average molecular weight is 361 g/mol. The van der Waals surface area contributed by atoms with Crippen LogP contribution in [0.4, 0.5) is 0 Å². The van der Waals surface area contributed by atoms with Gasteiger partial charge in [-0.25, -0.2) is 0 Å². The number of alkyl halides is 1. The van der Waals surface area contributed by atoms with Gasteiger partial charge in [0, 0.05) is 10.7 Å². The molecule has 4 rings (SSSR count). The number of benzene rings is 1. The van der Waals surface area contributed by atoms with Crippen LogP contribution in [0.25, 0.3) is 11.0 Å². The second-order valence-electron chi connectivity index (χ2n) is 8.21. The minimum atomic E-state index is -0.465. The minimum absolute atomic E-state index is 0.137. The van der Waals surface area contributed by atoms with Crippen molar-refractivity contribution in [2.24, 2.45) is 17.8 Å². The molecule has 5 heteroatoms. The van der Waals surface area contributed by atoms with Crippen molar-refractivity contribution >= 4 is 30.1 Å². The van der Waals surface area contributed by atoms with Crippen LogP contribution in [0.1, 0.15) is 38.7 Å². The molecule has 2 aromatic rings. The van der Waals surface area contributed by atoms with Gasteiger partial charge in [-0.1, -0.05) is 25.1 Å². The number of para-hydroxylation sites is 1. The third kappa shape index (κ3) is 3.13. The van der Waals surface area contributed by atoms with Gasteiger partial charge in [0.15, 0.2) is 0 Å². The van der Waals surface area contributed by atoms with Crippen molar-refractivity contribution < 1.29 is 14.2 Å². The zero-order valence-corrected chi connectivity index (χ0v) is 15.7. The highest BCUT2D eigenvalue weighted by atomic mass is 35.5. The van der Waals surface area contributed by atoms with Crippen molar-refractivity contribution in [2.75, 3.05) is 0 Å². The molecule has 0 saturated heterocycles. The SMILES string of the molecule is C[C@H]1CC2C[C@H]1C[C@@H](O)[C@@]2(C)OB[C@H](Cl)Cc1coc2ccccc12. The first-order valence-corrected chi connectivity index (χ1v) is 9.82. The molecule has 2 bridgehead atoms. The van der Waals surface area contributed by atoms with Gasteiger partial charge in [0.25, 0.3) is 7.48 Å². The number of aliphatic hydroxyl groups is 1. The monoisotopic (exact) mass is 360 g/mol. The Bertz CT molecular complexity index is 745. The fourth-order valence-electron chi connectivity index (χ4n) is 4.90. The Balaban J connectivity index is 1.40. The number of hydrogen-bond donors (Lipinski definition) is 1. The maximum absolute atomic E-state index is 10.7. The van der Waals surface area contributed by atoms with E-state index in [0.29, 0.717) is 31.7 Å². The van der Waals surface area contributed by atoms with Gasteiger partial charge in [-0.15, -0.1) is 11.6 Å². The summed E-state index contributed by atoms with van der Waals surface area (Å²) in [7, 11) is 0.449. The van der Waals surface area contributed by atoms with Gasteiger partial charge in [-0.05, 0) is 62.0 Å². The second kappa shape index (κ2) is 6.64. The van der Waals surface area contributed by atoms with Crippen molar-refractivity contribution in [3.8, 4) is 0 Å².